The number of likely N-dealkylation sites (N-methyl/N-ethyl adjacent to an activating group) is 1. The molecule has 3 aliphatic heterocycles. The second kappa shape index (κ2) is 28.0. The minimum absolute atomic E-state index is 0.132. The van der Waals surface area contributed by atoms with E-state index < -0.39 is 0 Å². The molecular weight excluding hydrogens is 1170 g/mol. The minimum Gasteiger partial charge on any atom is -0.493 e. The van der Waals surface area contributed by atoms with E-state index in [-0.39, 0.29) is 23.5 Å². The number of ether oxygens (including phenoxy) is 2. The normalized spacial score (nSPS) is 19.1. The lowest BCUT2D eigenvalue weighted by Gasteiger charge is -2.37. The fourth-order valence-electron chi connectivity index (χ4n) is 16.4. The van der Waals surface area contributed by atoms with E-state index in [0.29, 0.717) is 77.4 Å². The zero-order valence-electron chi connectivity index (χ0n) is 57.9. The topological polar surface area (TPSA) is 24.9 Å². The van der Waals surface area contributed by atoms with E-state index in [0.717, 1.165) is 81.9 Å². The van der Waals surface area contributed by atoms with E-state index in [1.54, 1.807) is 24.3 Å². The molecule has 0 amide bonds. The van der Waals surface area contributed by atoms with Gasteiger partial charge in [-0.1, -0.05) is 180 Å². The second-order valence-electron chi connectivity index (χ2n) is 29.9. The summed E-state index contributed by atoms with van der Waals surface area (Å²) < 4.78 is 55.3. The van der Waals surface area contributed by atoms with E-state index in [1.807, 2.05) is 75.4 Å². The number of hydrogen-bond acceptors (Lipinski definition) is 4. The Kier molecular flexibility index (Phi) is 19.3. The summed E-state index contributed by atoms with van der Waals surface area (Å²) in [5.74, 6) is 8.32. The third-order valence-corrected chi connectivity index (χ3v) is 21.8. The zero-order valence-corrected chi connectivity index (χ0v) is 57.9. The Morgan fingerprint density at radius 3 is 1.21 bits per heavy atom. The number of rotatable bonds is 15. The first kappa shape index (κ1) is 65.6. The van der Waals surface area contributed by atoms with Gasteiger partial charge in [0, 0.05) is 42.4 Å². The van der Waals surface area contributed by atoms with E-state index in [4.69, 9.17) is 9.47 Å². The molecule has 4 nitrogen and oxygen atoms in total. The van der Waals surface area contributed by atoms with Gasteiger partial charge < -0.3 is 19.3 Å². The quantitative estimate of drug-likeness (QED) is 0.102. The van der Waals surface area contributed by atoms with Gasteiger partial charge >= 0.3 is 0 Å². The Bertz CT molecular complexity index is 3970. The van der Waals surface area contributed by atoms with Crippen molar-refractivity contribution in [3.63, 3.8) is 0 Å². The average molecular weight is 1270 g/mol. The average Bonchev–Trinajstić information content (AvgIpc) is 1.81. The van der Waals surface area contributed by atoms with Gasteiger partial charge in [0.25, 0.3) is 0 Å². The van der Waals surface area contributed by atoms with Crippen LogP contribution in [0.1, 0.15) is 183 Å². The number of fused-ring (bicyclic) bond motifs is 3. The molecule has 95 heavy (non-hydrogen) atoms. The SMILES string of the molecule is Cc1ccc(F)c(-c2ccc(C3CCc4ccc([C@@H](C(C)C)C5CC5)cc4N3C)cc2)c1.Cc1ccc(F)c(-c2ccc(C3COc4ccc([C@@H](C(C)C)C5CC5)cc4C3)cc2)c1.Cc1ccc(F)c(-c2ccc(C3COc4ccc([C@@H](C(C)C)C5CC5)cc4N3C)cc2)c1. The highest BCUT2D eigenvalue weighted by Crippen LogP contribution is 2.52. The maximum absolute atomic E-state index is 14.4. The van der Waals surface area contributed by atoms with Crippen LogP contribution >= 0.6 is 0 Å². The lowest BCUT2D eigenvalue weighted by molar-refractivity contribution is 0.262. The third kappa shape index (κ3) is 14.6. The first-order valence-electron chi connectivity index (χ1n) is 35.5. The summed E-state index contributed by atoms with van der Waals surface area (Å²) >= 11 is 0. The number of benzene rings is 9. The molecule has 0 aromatic heterocycles. The van der Waals surface area contributed by atoms with Crippen LogP contribution in [0.25, 0.3) is 33.4 Å². The van der Waals surface area contributed by atoms with Gasteiger partial charge in [-0.25, -0.2) is 13.2 Å². The van der Waals surface area contributed by atoms with Gasteiger partial charge in [-0.2, -0.15) is 0 Å². The molecule has 6 atom stereocenters. The van der Waals surface area contributed by atoms with Crippen molar-refractivity contribution in [3.05, 3.63) is 261 Å². The summed E-state index contributed by atoms with van der Waals surface area (Å²) in [5.41, 5.74) is 21.5. The first-order valence-corrected chi connectivity index (χ1v) is 35.5. The Hall–Kier alpha value is -8.03. The molecule has 7 heteroatoms. The van der Waals surface area contributed by atoms with Crippen molar-refractivity contribution in [2.45, 2.75) is 156 Å². The number of halogens is 3. The van der Waals surface area contributed by atoms with Crippen molar-refractivity contribution in [1.82, 2.24) is 0 Å². The van der Waals surface area contributed by atoms with Crippen LogP contribution in [0.3, 0.4) is 0 Å². The molecule has 3 unspecified atom stereocenters. The van der Waals surface area contributed by atoms with Gasteiger partial charge in [0.15, 0.2) is 0 Å². The molecule has 6 aliphatic rings. The van der Waals surface area contributed by atoms with Crippen molar-refractivity contribution in [2.24, 2.45) is 35.5 Å². The van der Waals surface area contributed by atoms with Gasteiger partial charge in [0.1, 0.15) is 35.6 Å². The summed E-state index contributed by atoms with van der Waals surface area (Å²) in [6.07, 6.45) is 11.4. The van der Waals surface area contributed by atoms with Crippen LogP contribution in [0.5, 0.6) is 11.5 Å². The van der Waals surface area contributed by atoms with Crippen LogP contribution in [0.2, 0.25) is 0 Å². The van der Waals surface area contributed by atoms with Crippen molar-refractivity contribution in [1.29, 1.82) is 0 Å². The molecule has 9 aromatic rings. The maximum atomic E-state index is 14.4. The van der Waals surface area contributed by atoms with Crippen LogP contribution in [0.4, 0.5) is 24.5 Å². The molecule has 0 spiro atoms. The van der Waals surface area contributed by atoms with E-state index in [2.05, 4.69) is 169 Å². The lowest BCUT2D eigenvalue weighted by atomic mass is 9.82. The Balaban J connectivity index is 0.000000129. The maximum Gasteiger partial charge on any atom is 0.142 e. The largest absolute Gasteiger partial charge is 0.493 e. The lowest BCUT2D eigenvalue weighted by Crippen LogP contribution is -2.33. The van der Waals surface area contributed by atoms with Crippen LogP contribution in [0, 0.1) is 73.7 Å². The Morgan fingerprint density at radius 1 is 0.368 bits per heavy atom. The van der Waals surface area contributed by atoms with E-state index >= 15 is 0 Å². The molecule has 9 aromatic carbocycles. The van der Waals surface area contributed by atoms with E-state index in [1.165, 1.54) is 94.4 Å². The summed E-state index contributed by atoms with van der Waals surface area (Å²) in [5, 5.41) is 0. The molecule has 0 bridgehead atoms. The molecule has 0 saturated heterocycles. The highest BCUT2D eigenvalue weighted by atomic mass is 19.1. The first-order chi connectivity index (χ1) is 45.8. The van der Waals surface area contributed by atoms with Crippen molar-refractivity contribution < 1.29 is 22.6 Å². The van der Waals surface area contributed by atoms with Gasteiger partial charge in [0.2, 0.25) is 0 Å². The molecule has 3 aliphatic carbocycles. The fraction of sp³-hybridized carbons (Fsp3) is 0.386. The third-order valence-electron chi connectivity index (χ3n) is 21.8. The molecule has 3 saturated carbocycles. The predicted octanol–water partition coefficient (Wildman–Crippen LogP) is 23.3. The molecular formula is C88H97F3N2O2. The molecule has 3 fully saturated rings. The second-order valence-corrected chi connectivity index (χ2v) is 29.9. The summed E-state index contributed by atoms with van der Waals surface area (Å²) in [7, 11) is 4.40. The molecule has 0 radical (unpaired) electrons. The number of nitrogens with zero attached hydrogens (tertiary/aromatic N) is 2. The molecule has 15 rings (SSSR count). The van der Waals surface area contributed by atoms with Gasteiger partial charge in [-0.05, 0) is 254 Å². The zero-order chi connectivity index (χ0) is 66.3. The summed E-state index contributed by atoms with van der Waals surface area (Å²) in [6.45, 7) is 21.4. The standard InChI is InChI=1S/C30H34FN.C29H32FNO.C29H31FO/c1-19(2)30(24-11-12-24)25-13-10-23-14-16-28(32(4)29(23)18-25)22-8-6-21(7-9-22)26-17-20(3)5-15-27(26)31;1-18(2)29(22-10-11-22)23-12-14-28-26(16-23)31(4)27(17-32-28)21-8-6-20(7-9-21)24-15-19(3)5-13-25(24)30;1-18(2)29(22-9-10-22)23-11-13-28-24(15-23)16-25(17-31-28)20-5-7-21(8-6-20)26-14-19(3)4-12-27(26)30/h5-10,13,15,17-19,24,28,30H,11-12,14,16H2,1-4H3;5-9,12-16,18,22,27,29H,10-11,17H2,1-4H3;4-8,11-15,18,22,25,29H,9-10,16-17H2,1-3H3/t28?,30-;27?,29-;25?,29-/m000/s1. The highest BCUT2D eigenvalue weighted by Gasteiger charge is 2.38. The monoisotopic (exact) mass is 1270 g/mol. The van der Waals surface area contributed by atoms with Crippen LogP contribution in [-0.4, -0.2) is 27.3 Å². The minimum atomic E-state index is -0.182. The number of aryl methyl sites for hydroxylation is 4. The summed E-state index contributed by atoms with van der Waals surface area (Å²) in [4.78, 5) is 4.81. The molecule has 0 N–H and O–H groups in total. The summed E-state index contributed by atoms with van der Waals surface area (Å²) in [6, 6.07) is 62.4. The van der Waals surface area contributed by atoms with Crippen LogP contribution in [-0.2, 0) is 12.8 Å². The van der Waals surface area contributed by atoms with E-state index in [9.17, 15) is 13.2 Å². The van der Waals surface area contributed by atoms with Gasteiger partial charge in [0.05, 0.1) is 24.4 Å². The van der Waals surface area contributed by atoms with Crippen LogP contribution < -0.4 is 19.3 Å². The number of hydrogen-bond donors (Lipinski definition) is 0. The fourth-order valence-corrected chi connectivity index (χ4v) is 16.4. The predicted molar refractivity (Wildman–Crippen MR) is 388 cm³/mol. The Labute approximate surface area is 565 Å². The molecule has 492 valence electrons. The van der Waals surface area contributed by atoms with Gasteiger partial charge in [-0.15, -0.1) is 0 Å². The van der Waals surface area contributed by atoms with Crippen molar-refractivity contribution >= 4 is 11.4 Å². The van der Waals surface area contributed by atoms with Crippen molar-refractivity contribution in [3.8, 4) is 44.9 Å². The van der Waals surface area contributed by atoms with Crippen molar-refractivity contribution in [2.75, 3.05) is 37.1 Å². The number of anilines is 2. The van der Waals surface area contributed by atoms with Crippen LogP contribution in [0.15, 0.2) is 182 Å². The smallest absolute Gasteiger partial charge is 0.142 e. The Morgan fingerprint density at radius 2 is 0.758 bits per heavy atom. The molecule has 3 heterocycles. The van der Waals surface area contributed by atoms with Gasteiger partial charge in [-0.3, -0.25) is 0 Å². The highest BCUT2D eigenvalue weighted by molar-refractivity contribution is 5.69.